The standard InChI is InChI=1S/C10H9Cl3O3/c11-10(12,13)9(16-8(15)6-14)7-4-2-1-3-5-7/h1-5,9,14H,6H2. The first-order valence-electron chi connectivity index (χ1n) is 4.37. The number of ether oxygens (including phenoxy) is 1. The van der Waals surface area contributed by atoms with Gasteiger partial charge < -0.3 is 9.84 Å². The summed E-state index contributed by atoms with van der Waals surface area (Å²) in [4.78, 5) is 11.0. The molecule has 0 amide bonds. The number of esters is 1. The number of alkyl halides is 3. The predicted octanol–water partition coefficient (Wildman–Crippen LogP) is 2.63. The van der Waals surface area contributed by atoms with Gasteiger partial charge in [-0.05, 0) is 5.56 Å². The lowest BCUT2D eigenvalue weighted by Gasteiger charge is -2.24. The Morgan fingerprint density at radius 3 is 2.31 bits per heavy atom. The minimum absolute atomic E-state index is 0.546. The normalized spacial score (nSPS) is 13.2. The third-order valence-electron chi connectivity index (χ3n) is 1.78. The molecule has 6 heteroatoms. The molecule has 1 aromatic rings. The third kappa shape index (κ3) is 3.83. The van der Waals surface area contributed by atoms with Gasteiger partial charge in [0, 0.05) is 0 Å². The molecule has 0 saturated heterocycles. The molecule has 1 unspecified atom stereocenters. The maximum absolute atomic E-state index is 11.0. The summed E-state index contributed by atoms with van der Waals surface area (Å²) in [5.74, 6) is -0.847. The molecule has 1 N–H and O–H groups in total. The Morgan fingerprint density at radius 1 is 1.31 bits per heavy atom. The number of aliphatic hydroxyl groups excluding tert-OH is 1. The van der Waals surface area contributed by atoms with Gasteiger partial charge in [-0.3, -0.25) is 0 Å². The monoisotopic (exact) mass is 282 g/mol. The summed E-state index contributed by atoms with van der Waals surface area (Å²) in [7, 11) is 0. The average Bonchev–Trinajstić information content (AvgIpc) is 2.25. The van der Waals surface area contributed by atoms with Crippen LogP contribution in [0.25, 0.3) is 0 Å². The fourth-order valence-electron chi connectivity index (χ4n) is 1.12. The molecule has 1 rings (SSSR count). The Bertz CT molecular complexity index is 348. The summed E-state index contributed by atoms with van der Waals surface area (Å²) in [5, 5.41) is 8.59. The van der Waals surface area contributed by atoms with Gasteiger partial charge in [-0.25, -0.2) is 4.79 Å². The van der Waals surface area contributed by atoms with E-state index in [-0.39, 0.29) is 0 Å². The van der Waals surface area contributed by atoms with Gasteiger partial charge in [-0.2, -0.15) is 0 Å². The van der Waals surface area contributed by atoms with E-state index in [1.807, 2.05) is 0 Å². The fourth-order valence-corrected chi connectivity index (χ4v) is 1.63. The van der Waals surface area contributed by atoms with Crippen molar-refractivity contribution in [1.29, 1.82) is 0 Å². The van der Waals surface area contributed by atoms with Crippen molar-refractivity contribution in [1.82, 2.24) is 0 Å². The number of hydrogen-bond acceptors (Lipinski definition) is 3. The second-order valence-corrected chi connectivity index (χ2v) is 5.35. The van der Waals surface area contributed by atoms with Crippen LogP contribution in [0.4, 0.5) is 0 Å². The van der Waals surface area contributed by atoms with Gasteiger partial charge in [0.1, 0.15) is 6.61 Å². The quantitative estimate of drug-likeness (QED) is 0.685. The topological polar surface area (TPSA) is 46.5 Å². The highest BCUT2D eigenvalue weighted by Gasteiger charge is 2.37. The average molecular weight is 284 g/mol. The van der Waals surface area contributed by atoms with Gasteiger partial charge in [0.2, 0.25) is 3.79 Å². The van der Waals surface area contributed by atoms with E-state index >= 15 is 0 Å². The van der Waals surface area contributed by atoms with Gasteiger partial charge in [0.05, 0.1) is 0 Å². The molecule has 0 bridgehead atoms. The highest BCUT2D eigenvalue weighted by atomic mass is 35.6. The first-order valence-corrected chi connectivity index (χ1v) is 5.50. The SMILES string of the molecule is O=C(CO)OC(c1ccccc1)C(Cl)(Cl)Cl. The molecular formula is C10H9Cl3O3. The van der Waals surface area contributed by atoms with Crippen LogP contribution >= 0.6 is 34.8 Å². The molecule has 88 valence electrons. The van der Waals surface area contributed by atoms with Crippen LogP contribution in [-0.4, -0.2) is 21.5 Å². The molecule has 0 aliphatic carbocycles. The predicted molar refractivity (Wildman–Crippen MR) is 62.7 cm³/mol. The number of carbonyl (C=O) groups excluding carboxylic acids is 1. The zero-order chi connectivity index (χ0) is 12.2. The zero-order valence-corrected chi connectivity index (χ0v) is 10.3. The Labute approximate surface area is 108 Å². The molecule has 0 aliphatic heterocycles. The van der Waals surface area contributed by atoms with Crippen LogP contribution in [0.15, 0.2) is 30.3 Å². The minimum atomic E-state index is -1.79. The molecule has 1 atom stereocenters. The van der Waals surface area contributed by atoms with Gasteiger partial charge in [0.25, 0.3) is 0 Å². The van der Waals surface area contributed by atoms with Gasteiger partial charge >= 0.3 is 5.97 Å². The van der Waals surface area contributed by atoms with Crippen molar-refractivity contribution in [2.75, 3.05) is 6.61 Å². The second kappa shape index (κ2) is 5.73. The number of halogens is 3. The second-order valence-electron chi connectivity index (χ2n) is 2.98. The molecule has 0 radical (unpaired) electrons. The van der Waals surface area contributed by atoms with Crippen molar-refractivity contribution in [2.24, 2.45) is 0 Å². The van der Waals surface area contributed by atoms with Crippen molar-refractivity contribution in [3.05, 3.63) is 35.9 Å². The Balaban J connectivity index is 2.93. The van der Waals surface area contributed by atoms with Gasteiger partial charge in [-0.1, -0.05) is 65.1 Å². The summed E-state index contributed by atoms with van der Waals surface area (Å²) in [6.45, 7) is -0.760. The van der Waals surface area contributed by atoms with Crippen LogP contribution in [0.5, 0.6) is 0 Å². The summed E-state index contributed by atoms with van der Waals surface area (Å²) >= 11 is 17.1. The van der Waals surface area contributed by atoms with Crippen LogP contribution < -0.4 is 0 Å². The lowest BCUT2D eigenvalue weighted by molar-refractivity contribution is -0.152. The largest absolute Gasteiger partial charge is 0.451 e. The lowest BCUT2D eigenvalue weighted by Crippen LogP contribution is -2.24. The van der Waals surface area contributed by atoms with Crippen LogP contribution in [-0.2, 0) is 9.53 Å². The molecule has 0 fully saturated rings. The summed E-state index contributed by atoms with van der Waals surface area (Å²) in [6, 6.07) is 8.57. The summed E-state index contributed by atoms with van der Waals surface area (Å²) in [6.07, 6.45) is -1.04. The lowest BCUT2D eigenvalue weighted by atomic mass is 10.1. The van der Waals surface area contributed by atoms with Crippen molar-refractivity contribution in [3.63, 3.8) is 0 Å². The molecule has 0 heterocycles. The smallest absolute Gasteiger partial charge is 0.332 e. The Morgan fingerprint density at radius 2 is 1.88 bits per heavy atom. The summed E-state index contributed by atoms with van der Waals surface area (Å²) in [5.41, 5.74) is 0.546. The Kier molecular flexibility index (Phi) is 4.87. The van der Waals surface area contributed by atoms with E-state index in [2.05, 4.69) is 0 Å². The number of carbonyl (C=O) groups is 1. The van der Waals surface area contributed by atoms with E-state index in [1.165, 1.54) is 0 Å². The van der Waals surface area contributed by atoms with E-state index in [0.717, 1.165) is 0 Å². The first-order chi connectivity index (χ1) is 7.45. The molecular weight excluding hydrogens is 274 g/mol. The number of hydrogen-bond donors (Lipinski definition) is 1. The maximum atomic E-state index is 11.0. The van der Waals surface area contributed by atoms with Gasteiger partial charge in [0.15, 0.2) is 6.10 Å². The zero-order valence-electron chi connectivity index (χ0n) is 8.07. The number of benzene rings is 1. The van der Waals surface area contributed by atoms with Crippen molar-refractivity contribution in [3.8, 4) is 0 Å². The van der Waals surface area contributed by atoms with Crippen LogP contribution in [0.3, 0.4) is 0 Å². The first kappa shape index (κ1) is 13.6. The maximum Gasteiger partial charge on any atom is 0.332 e. The molecule has 0 spiro atoms. The number of aliphatic hydroxyl groups is 1. The van der Waals surface area contributed by atoms with Crippen LogP contribution in [0.1, 0.15) is 11.7 Å². The van der Waals surface area contributed by atoms with Gasteiger partial charge in [-0.15, -0.1) is 0 Å². The van der Waals surface area contributed by atoms with Crippen molar-refractivity contribution < 1.29 is 14.6 Å². The van der Waals surface area contributed by atoms with E-state index < -0.39 is 22.5 Å². The van der Waals surface area contributed by atoms with Crippen LogP contribution in [0, 0.1) is 0 Å². The van der Waals surface area contributed by atoms with E-state index in [9.17, 15) is 4.79 Å². The van der Waals surface area contributed by atoms with Crippen molar-refractivity contribution >= 4 is 40.8 Å². The Hall–Kier alpha value is -0.480. The van der Waals surface area contributed by atoms with E-state index in [0.29, 0.717) is 5.56 Å². The fraction of sp³-hybridized carbons (Fsp3) is 0.300. The van der Waals surface area contributed by atoms with E-state index in [4.69, 9.17) is 44.6 Å². The number of rotatable bonds is 3. The molecule has 0 aliphatic rings. The highest BCUT2D eigenvalue weighted by Crippen LogP contribution is 2.42. The van der Waals surface area contributed by atoms with E-state index in [1.54, 1.807) is 30.3 Å². The molecule has 16 heavy (non-hydrogen) atoms. The van der Waals surface area contributed by atoms with Crippen LogP contribution in [0.2, 0.25) is 0 Å². The molecule has 0 aromatic heterocycles. The third-order valence-corrected chi connectivity index (χ3v) is 2.37. The molecule has 0 saturated carbocycles. The molecule has 3 nitrogen and oxygen atoms in total. The highest BCUT2D eigenvalue weighted by molar-refractivity contribution is 6.68. The minimum Gasteiger partial charge on any atom is -0.451 e. The van der Waals surface area contributed by atoms with Crippen molar-refractivity contribution in [2.45, 2.75) is 9.90 Å². The molecule has 1 aromatic carbocycles. The summed E-state index contributed by atoms with van der Waals surface area (Å²) < 4.78 is 3.08.